The molecule has 0 saturated heterocycles. The molecule has 2 N–H and O–H groups in total. The zero-order valence-electron chi connectivity index (χ0n) is 16.9. The molecule has 5 nitrogen and oxygen atoms in total. The molecule has 0 fully saturated rings. The Bertz CT molecular complexity index is 906. The Balaban J connectivity index is 1.93. The quantitative estimate of drug-likeness (QED) is 0.659. The number of anilines is 1. The first-order chi connectivity index (χ1) is 14.0. The van der Waals surface area contributed by atoms with E-state index in [0.717, 1.165) is 24.2 Å². The van der Waals surface area contributed by atoms with Gasteiger partial charge in [0.15, 0.2) is 11.7 Å². The lowest BCUT2D eigenvalue weighted by atomic mass is 9.77. The number of methoxy groups -OCH3 is 1. The second-order valence-electron chi connectivity index (χ2n) is 6.96. The van der Waals surface area contributed by atoms with Gasteiger partial charge in [-0.1, -0.05) is 55.1 Å². The van der Waals surface area contributed by atoms with Crippen molar-refractivity contribution in [2.75, 3.05) is 19.0 Å². The summed E-state index contributed by atoms with van der Waals surface area (Å²) in [5, 5.41) is 14.5. The van der Waals surface area contributed by atoms with Gasteiger partial charge in [-0.2, -0.15) is 0 Å². The molecule has 0 bridgehead atoms. The van der Waals surface area contributed by atoms with Gasteiger partial charge in [0.05, 0.1) is 12.4 Å². The molecular formula is C24H27NO4. The minimum atomic E-state index is -1.58. The number of aliphatic hydroxyl groups is 1. The Morgan fingerprint density at radius 1 is 1.28 bits per heavy atom. The van der Waals surface area contributed by atoms with Crippen LogP contribution in [-0.2, 0) is 19.9 Å². The third-order valence-corrected chi connectivity index (χ3v) is 5.03. The van der Waals surface area contributed by atoms with E-state index in [-0.39, 0.29) is 5.91 Å². The maximum absolute atomic E-state index is 12.6. The second kappa shape index (κ2) is 9.07. The SMILES string of the molecule is C=C(CC/C=C/c1ccc2c(c1)C(O)(c1ccccc1)C(OC)C(=O)N2)OCC. The number of ether oxygens (including phenoxy) is 2. The molecule has 29 heavy (non-hydrogen) atoms. The highest BCUT2D eigenvalue weighted by Crippen LogP contribution is 2.42. The number of allylic oxidation sites excluding steroid dienone is 2. The molecule has 1 heterocycles. The number of amides is 1. The molecule has 0 spiro atoms. The predicted octanol–water partition coefficient (Wildman–Crippen LogP) is 4.23. The Labute approximate surface area is 171 Å². The molecule has 1 aliphatic heterocycles. The van der Waals surface area contributed by atoms with Crippen molar-refractivity contribution in [3.8, 4) is 0 Å². The first kappa shape index (κ1) is 20.8. The minimum Gasteiger partial charge on any atom is -0.499 e. The van der Waals surface area contributed by atoms with Gasteiger partial charge in [0.25, 0.3) is 5.91 Å². The van der Waals surface area contributed by atoms with Crippen molar-refractivity contribution < 1.29 is 19.4 Å². The molecular weight excluding hydrogens is 366 g/mol. The third-order valence-electron chi connectivity index (χ3n) is 5.03. The number of hydrogen-bond donors (Lipinski definition) is 2. The number of nitrogens with one attached hydrogen (secondary N) is 1. The van der Waals surface area contributed by atoms with Gasteiger partial charge in [-0.3, -0.25) is 4.79 Å². The van der Waals surface area contributed by atoms with Crippen LogP contribution in [0.4, 0.5) is 5.69 Å². The molecule has 2 atom stereocenters. The van der Waals surface area contributed by atoms with Crippen LogP contribution in [0, 0.1) is 0 Å². The van der Waals surface area contributed by atoms with Crippen molar-refractivity contribution in [3.05, 3.63) is 83.6 Å². The average molecular weight is 393 g/mol. The summed E-state index contributed by atoms with van der Waals surface area (Å²) < 4.78 is 10.8. The molecule has 0 aliphatic carbocycles. The van der Waals surface area contributed by atoms with Gasteiger partial charge in [-0.15, -0.1) is 0 Å². The summed E-state index contributed by atoms with van der Waals surface area (Å²) >= 11 is 0. The molecule has 0 aromatic heterocycles. The summed E-state index contributed by atoms with van der Waals surface area (Å²) in [5.74, 6) is 0.399. The van der Waals surface area contributed by atoms with E-state index in [1.165, 1.54) is 7.11 Å². The van der Waals surface area contributed by atoms with Crippen LogP contribution in [0.2, 0.25) is 0 Å². The van der Waals surface area contributed by atoms with Crippen LogP contribution < -0.4 is 5.32 Å². The van der Waals surface area contributed by atoms with Gasteiger partial charge >= 0.3 is 0 Å². The lowest BCUT2D eigenvalue weighted by molar-refractivity contribution is -0.142. The normalized spacial score (nSPS) is 20.9. The molecule has 2 aromatic rings. The Hall–Kier alpha value is -2.89. The molecule has 1 amide bonds. The lowest BCUT2D eigenvalue weighted by Crippen LogP contribution is -2.52. The maximum atomic E-state index is 12.6. The van der Waals surface area contributed by atoms with E-state index in [2.05, 4.69) is 11.9 Å². The van der Waals surface area contributed by atoms with Crippen molar-refractivity contribution in [1.82, 2.24) is 0 Å². The lowest BCUT2D eigenvalue weighted by Gasteiger charge is -2.40. The molecule has 152 valence electrons. The van der Waals surface area contributed by atoms with E-state index in [9.17, 15) is 9.90 Å². The summed E-state index contributed by atoms with van der Waals surface area (Å²) in [6, 6.07) is 14.8. The average Bonchev–Trinajstić information content (AvgIpc) is 2.72. The molecule has 2 aromatic carbocycles. The zero-order valence-corrected chi connectivity index (χ0v) is 16.9. The van der Waals surface area contributed by atoms with E-state index in [1.54, 1.807) is 12.1 Å². The Morgan fingerprint density at radius 3 is 2.72 bits per heavy atom. The number of carbonyl (C=O) groups excluding carboxylic acids is 1. The van der Waals surface area contributed by atoms with Crippen LogP contribution in [0.5, 0.6) is 0 Å². The molecule has 3 rings (SSSR count). The van der Waals surface area contributed by atoms with E-state index in [0.29, 0.717) is 23.4 Å². The van der Waals surface area contributed by atoms with Gasteiger partial charge in [0.1, 0.15) is 0 Å². The smallest absolute Gasteiger partial charge is 0.257 e. The van der Waals surface area contributed by atoms with Crippen molar-refractivity contribution in [2.24, 2.45) is 0 Å². The number of fused-ring (bicyclic) bond motifs is 1. The van der Waals surface area contributed by atoms with E-state index in [1.807, 2.05) is 55.5 Å². The highest BCUT2D eigenvalue weighted by molar-refractivity contribution is 5.99. The van der Waals surface area contributed by atoms with E-state index in [4.69, 9.17) is 9.47 Å². The number of carbonyl (C=O) groups is 1. The van der Waals surface area contributed by atoms with Crippen molar-refractivity contribution in [1.29, 1.82) is 0 Å². The fourth-order valence-corrected chi connectivity index (χ4v) is 3.64. The van der Waals surface area contributed by atoms with Crippen LogP contribution in [0.15, 0.2) is 66.9 Å². The number of hydrogen-bond acceptors (Lipinski definition) is 4. The van der Waals surface area contributed by atoms with Gasteiger partial charge < -0.3 is 19.9 Å². The highest BCUT2D eigenvalue weighted by atomic mass is 16.5. The van der Waals surface area contributed by atoms with Crippen LogP contribution in [0.25, 0.3) is 6.08 Å². The highest BCUT2D eigenvalue weighted by Gasteiger charge is 2.49. The maximum Gasteiger partial charge on any atom is 0.257 e. The number of benzene rings is 2. The first-order valence-electron chi connectivity index (χ1n) is 9.74. The molecule has 0 radical (unpaired) electrons. The van der Waals surface area contributed by atoms with E-state index >= 15 is 0 Å². The fourth-order valence-electron chi connectivity index (χ4n) is 3.64. The third kappa shape index (κ3) is 4.26. The van der Waals surface area contributed by atoms with Crippen LogP contribution in [0.1, 0.15) is 36.5 Å². The van der Waals surface area contributed by atoms with Gasteiger partial charge in [0, 0.05) is 24.8 Å². The predicted molar refractivity (Wildman–Crippen MR) is 114 cm³/mol. The van der Waals surface area contributed by atoms with Crippen molar-refractivity contribution in [2.45, 2.75) is 31.5 Å². The van der Waals surface area contributed by atoms with Gasteiger partial charge in [-0.25, -0.2) is 0 Å². The topological polar surface area (TPSA) is 67.8 Å². The summed E-state index contributed by atoms with van der Waals surface area (Å²) in [5.41, 5.74) is 1.14. The standard InChI is InChI=1S/C24H27NO4/c1-4-29-17(2)10-8-9-11-18-14-15-21-20(16-18)24(27,19-12-6-5-7-13-19)22(28-3)23(26)25-21/h5-7,9,11-16,22,27H,2,4,8,10H2,1,3H3,(H,25,26)/b11-9+. The van der Waals surface area contributed by atoms with Crippen LogP contribution in [-0.4, -0.2) is 30.8 Å². The van der Waals surface area contributed by atoms with Crippen LogP contribution in [0.3, 0.4) is 0 Å². The summed E-state index contributed by atoms with van der Waals surface area (Å²) in [6.45, 7) is 6.44. The fraction of sp³-hybridized carbons (Fsp3) is 0.292. The largest absolute Gasteiger partial charge is 0.499 e. The van der Waals surface area contributed by atoms with Crippen LogP contribution >= 0.6 is 0 Å². The second-order valence-corrected chi connectivity index (χ2v) is 6.96. The molecule has 0 saturated carbocycles. The summed E-state index contributed by atoms with van der Waals surface area (Å²) in [6.07, 6.45) is 4.54. The van der Waals surface area contributed by atoms with Gasteiger partial charge in [0.2, 0.25) is 0 Å². The zero-order chi connectivity index (χ0) is 20.9. The van der Waals surface area contributed by atoms with E-state index < -0.39 is 11.7 Å². The summed E-state index contributed by atoms with van der Waals surface area (Å²) in [4.78, 5) is 12.6. The molecule has 5 heteroatoms. The van der Waals surface area contributed by atoms with Gasteiger partial charge in [-0.05, 0) is 36.6 Å². The molecule has 2 unspecified atom stereocenters. The Morgan fingerprint density at radius 2 is 2.03 bits per heavy atom. The van der Waals surface area contributed by atoms with Crippen molar-refractivity contribution >= 4 is 17.7 Å². The number of rotatable bonds is 8. The first-order valence-corrected chi connectivity index (χ1v) is 9.74. The Kier molecular flexibility index (Phi) is 6.52. The monoisotopic (exact) mass is 393 g/mol. The molecule has 1 aliphatic rings. The van der Waals surface area contributed by atoms with Crippen molar-refractivity contribution in [3.63, 3.8) is 0 Å². The summed E-state index contributed by atoms with van der Waals surface area (Å²) in [7, 11) is 1.43. The minimum absolute atomic E-state index is 0.371.